The van der Waals surface area contributed by atoms with Crippen molar-refractivity contribution in [2.24, 2.45) is 0 Å². The highest BCUT2D eigenvalue weighted by molar-refractivity contribution is 6.07. The first kappa shape index (κ1) is 14.6. The number of para-hydroxylation sites is 1. The quantitative estimate of drug-likeness (QED) is 0.714. The van der Waals surface area contributed by atoms with E-state index in [1.807, 2.05) is 6.07 Å². The molecule has 0 aliphatic rings. The molecule has 23 heavy (non-hydrogen) atoms. The van der Waals surface area contributed by atoms with Crippen molar-refractivity contribution in [2.45, 2.75) is 0 Å². The Kier molecular flexibility index (Phi) is 3.97. The van der Waals surface area contributed by atoms with E-state index in [4.69, 9.17) is 0 Å². The lowest BCUT2D eigenvalue weighted by Gasteiger charge is -2.09. The lowest BCUT2D eigenvalue weighted by Crippen LogP contribution is -2.42. The Morgan fingerprint density at radius 2 is 1.48 bits per heavy atom. The first-order valence-corrected chi connectivity index (χ1v) is 6.86. The molecule has 0 spiro atoms. The van der Waals surface area contributed by atoms with E-state index < -0.39 is 17.6 Å². The number of aromatic nitrogens is 1. The first-order valence-electron chi connectivity index (χ1n) is 6.86. The van der Waals surface area contributed by atoms with Gasteiger partial charge in [0.15, 0.2) is 0 Å². The fraction of sp³-hybridized carbons (Fsp3) is 0. The third kappa shape index (κ3) is 3.01. The van der Waals surface area contributed by atoms with E-state index >= 15 is 0 Å². The van der Waals surface area contributed by atoms with Gasteiger partial charge in [-0.05, 0) is 24.3 Å². The zero-order chi connectivity index (χ0) is 16.2. The summed E-state index contributed by atoms with van der Waals surface area (Å²) in [5.74, 6) is -1.89. The molecule has 2 aromatic carbocycles. The molecule has 114 valence electrons. The summed E-state index contributed by atoms with van der Waals surface area (Å²) in [6, 6.07) is 14.2. The number of rotatable bonds is 2. The number of benzene rings is 2. The van der Waals surface area contributed by atoms with Crippen LogP contribution in [0.4, 0.5) is 4.39 Å². The number of carbonyl (C=O) groups excluding carboxylic acids is 2. The number of halogens is 1. The fourth-order valence-electron chi connectivity index (χ4n) is 2.19. The first-order chi connectivity index (χ1) is 11.2. The Morgan fingerprint density at radius 3 is 2.26 bits per heavy atom. The lowest BCUT2D eigenvalue weighted by molar-refractivity contribution is 0.0845. The van der Waals surface area contributed by atoms with Gasteiger partial charge < -0.3 is 0 Å². The number of nitrogens with one attached hydrogen (secondary N) is 2. The molecule has 3 aromatic rings. The summed E-state index contributed by atoms with van der Waals surface area (Å²) in [6.07, 6.45) is 1.51. The van der Waals surface area contributed by atoms with Crippen LogP contribution in [-0.2, 0) is 0 Å². The summed E-state index contributed by atoms with van der Waals surface area (Å²) in [5.41, 5.74) is 5.37. The standard InChI is InChI=1S/C17H12FN3O2/c18-14-7-3-1-6-13(14)17(23)21-20-16(22)12-9-10-19-15-8-4-2-5-11(12)15/h1-10H,(H,20,22)(H,21,23). The minimum absolute atomic E-state index is 0.146. The highest BCUT2D eigenvalue weighted by Crippen LogP contribution is 2.15. The molecule has 1 aromatic heterocycles. The second kappa shape index (κ2) is 6.23. The summed E-state index contributed by atoms with van der Waals surface area (Å²) >= 11 is 0. The molecule has 0 radical (unpaired) electrons. The van der Waals surface area contributed by atoms with Crippen molar-refractivity contribution in [3.8, 4) is 0 Å². The van der Waals surface area contributed by atoms with E-state index in [0.717, 1.165) is 0 Å². The Balaban J connectivity index is 1.77. The van der Waals surface area contributed by atoms with Crippen molar-refractivity contribution in [3.63, 3.8) is 0 Å². The highest BCUT2D eigenvalue weighted by atomic mass is 19.1. The minimum atomic E-state index is -0.727. The van der Waals surface area contributed by atoms with Gasteiger partial charge in [0.1, 0.15) is 5.82 Å². The van der Waals surface area contributed by atoms with Crippen LogP contribution < -0.4 is 10.9 Å². The third-order valence-electron chi connectivity index (χ3n) is 3.30. The molecular formula is C17H12FN3O2. The average molecular weight is 309 g/mol. The number of hydrogen-bond acceptors (Lipinski definition) is 3. The van der Waals surface area contributed by atoms with Crippen LogP contribution in [0.2, 0.25) is 0 Å². The van der Waals surface area contributed by atoms with Crippen molar-refractivity contribution < 1.29 is 14.0 Å². The summed E-state index contributed by atoms with van der Waals surface area (Å²) in [4.78, 5) is 28.3. The van der Waals surface area contributed by atoms with E-state index in [9.17, 15) is 14.0 Å². The topological polar surface area (TPSA) is 71.1 Å². The van der Waals surface area contributed by atoms with E-state index in [1.54, 1.807) is 24.3 Å². The molecular weight excluding hydrogens is 297 g/mol. The summed E-state index contributed by atoms with van der Waals surface area (Å²) < 4.78 is 13.5. The molecule has 0 aliphatic heterocycles. The van der Waals surface area contributed by atoms with Gasteiger partial charge in [-0.2, -0.15) is 0 Å². The highest BCUT2D eigenvalue weighted by Gasteiger charge is 2.14. The summed E-state index contributed by atoms with van der Waals surface area (Å²) in [6.45, 7) is 0. The van der Waals surface area contributed by atoms with Crippen LogP contribution in [0.25, 0.3) is 10.9 Å². The SMILES string of the molecule is O=C(NNC(=O)c1ccnc2ccccc12)c1ccccc1F. The predicted octanol–water partition coefficient (Wildman–Crippen LogP) is 2.45. The number of carbonyl (C=O) groups is 2. The molecule has 3 rings (SSSR count). The van der Waals surface area contributed by atoms with Crippen LogP contribution in [0, 0.1) is 5.82 Å². The van der Waals surface area contributed by atoms with Crippen molar-refractivity contribution in [2.75, 3.05) is 0 Å². The summed E-state index contributed by atoms with van der Waals surface area (Å²) in [7, 11) is 0. The fourth-order valence-corrected chi connectivity index (χ4v) is 2.19. The number of hydrogen-bond donors (Lipinski definition) is 2. The number of nitrogens with zero attached hydrogens (tertiary/aromatic N) is 1. The van der Waals surface area contributed by atoms with Crippen LogP contribution >= 0.6 is 0 Å². The molecule has 0 aliphatic carbocycles. The van der Waals surface area contributed by atoms with Gasteiger partial charge in [-0.15, -0.1) is 0 Å². The predicted molar refractivity (Wildman–Crippen MR) is 83.1 cm³/mol. The van der Waals surface area contributed by atoms with Crippen molar-refractivity contribution in [1.29, 1.82) is 0 Å². The second-order valence-corrected chi connectivity index (χ2v) is 4.76. The van der Waals surface area contributed by atoms with Crippen molar-refractivity contribution >= 4 is 22.7 Å². The van der Waals surface area contributed by atoms with Crippen LogP contribution in [0.5, 0.6) is 0 Å². The third-order valence-corrected chi connectivity index (χ3v) is 3.30. The van der Waals surface area contributed by atoms with E-state index in [-0.39, 0.29) is 5.56 Å². The molecule has 1 heterocycles. The number of amides is 2. The largest absolute Gasteiger partial charge is 0.272 e. The molecule has 2 N–H and O–H groups in total. The van der Waals surface area contributed by atoms with E-state index in [1.165, 1.54) is 30.5 Å². The maximum atomic E-state index is 13.5. The average Bonchev–Trinajstić information content (AvgIpc) is 2.59. The van der Waals surface area contributed by atoms with Gasteiger partial charge in [-0.1, -0.05) is 30.3 Å². The molecule has 0 bridgehead atoms. The molecule has 0 atom stereocenters. The van der Waals surface area contributed by atoms with E-state index in [0.29, 0.717) is 16.5 Å². The molecule has 0 unspecified atom stereocenters. The number of hydrazine groups is 1. The van der Waals surface area contributed by atoms with Gasteiger partial charge in [0.05, 0.1) is 16.6 Å². The number of fused-ring (bicyclic) bond motifs is 1. The minimum Gasteiger partial charge on any atom is -0.267 e. The van der Waals surface area contributed by atoms with E-state index in [2.05, 4.69) is 15.8 Å². The Bertz CT molecular complexity index is 890. The van der Waals surface area contributed by atoms with Gasteiger partial charge in [0, 0.05) is 11.6 Å². The van der Waals surface area contributed by atoms with Crippen molar-refractivity contribution in [1.82, 2.24) is 15.8 Å². The van der Waals surface area contributed by atoms with Gasteiger partial charge in [-0.3, -0.25) is 25.4 Å². The van der Waals surface area contributed by atoms with Crippen LogP contribution in [0.1, 0.15) is 20.7 Å². The van der Waals surface area contributed by atoms with Crippen LogP contribution in [-0.4, -0.2) is 16.8 Å². The summed E-state index contributed by atoms with van der Waals surface area (Å²) in [5, 5.41) is 0.660. The normalized spacial score (nSPS) is 10.3. The molecule has 0 saturated carbocycles. The second-order valence-electron chi connectivity index (χ2n) is 4.76. The number of pyridine rings is 1. The Labute approximate surface area is 131 Å². The van der Waals surface area contributed by atoms with Crippen LogP contribution in [0.15, 0.2) is 60.8 Å². The Hall–Kier alpha value is -3.28. The zero-order valence-electron chi connectivity index (χ0n) is 11.9. The van der Waals surface area contributed by atoms with Gasteiger partial charge in [0.25, 0.3) is 11.8 Å². The molecule has 2 amide bonds. The Morgan fingerprint density at radius 1 is 0.826 bits per heavy atom. The molecule has 5 nitrogen and oxygen atoms in total. The smallest absolute Gasteiger partial charge is 0.267 e. The lowest BCUT2D eigenvalue weighted by atomic mass is 10.1. The van der Waals surface area contributed by atoms with Gasteiger partial charge in [-0.25, -0.2) is 4.39 Å². The maximum absolute atomic E-state index is 13.5. The molecule has 6 heteroatoms. The van der Waals surface area contributed by atoms with Gasteiger partial charge in [0.2, 0.25) is 0 Å². The zero-order valence-corrected chi connectivity index (χ0v) is 11.9. The molecule has 0 fully saturated rings. The van der Waals surface area contributed by atoms with Crippen LogP contribution in [0.3, 0.4) is 0 Å². The van der Waals surface area contributed by atoms with Gasteiger partial charge >= 0.3 is 0 Å². The molecule has 0 saturated heterocycles. The van der Waals surface area contributed by atoms with Crippen molar-refractivity contribution in [3.05, 3.63) is 77.7 Å². The maximum Gasteiger partial charge on any atom is 0.272 e. The monoisotopic (exact) mass is 309 g/mol.